The first kappa shape index (κ1) is 22.0. The number of carbonyl (C=O) groups excluding carboxylic acids is 1. The van der Waals surface area contributed by atoms with Gasteiger partial charge in [0, 0.05) is 40.8 Å². The van der Waals surface area contributed by atoms with Gasteiger partial charge in [-0.1, -0.05) is 41.0 Å². The van der Waals surface area contributed by atoms with Crippen LogP contribution in [0.25, 0.3) is 6.08 Å². The van der Waals surface area contributed by atoms with Crippen LogP contribution < -0.4 is 0 Å². The van der Waals surface area contributed by atoms with Crippen LogP contribution in [-0.2, 0) is 9.63 Å². The van der Waals surface area contributed by atoms with Gasteiger partial charge in [-0.3, -0.25) is 4.79 Å². The first-order valence-electron chi connectivity index (χ1n) is 10.1. The van der Waals surface area contributed by atoms with Crippen LogP contribution in [0.15, 0.2) is 46.8 Å². The zero-order valence-electron chi connectivity index (χ0n) is 16.8. The monoisotopic (exact) mass is 433 g/mol. The molecule has 1 fully saturated rings. The third-order valence-corrected chi connectivity index (χ3v) is 7.49. The Balaban J connectivity index is 1.34. The highest BCUT2D eigenvalue weighted by atomic mass is 35.5. The lowest BCUT2D eigenvalue weighted by Gasteiger charge is -2.29. The summed E-state index contributed by atoms with van der Waals surface area (Å²) in [5.74, 6) is 0.667. The van der Waals surface area contributed by atoms with Crippen molar-refractivity contribution >= 4 is 41.4 Å². The fourth-order valence-electron chi connectivity index (χ4n) is 3.78. The summed E-state index contributed by atoms with van der Waals surface area (Å²) in [4.78, 5) is 17.7. The lowest BCUT2D eigenvalue weighted by Crippen LogP contribution is -2.28. The van der Waals surface area contributed by atoms with Crippen LogP contribution in [-0.4, -0.2) is 34.7 Å². The molecule has 0 saturated heterocycles. The van der Waals surface area contributed by atoms with Crippen LogP contribution in [0, 0.1) is 5.92 Å². The summed E-state index contributed by atoms with van der Waals surface area (Å²) in [6.07, 6.45) is 13.2. The molecule has 1 aromatic carbocycles. The fraction of sp³-hybridized carbons (Fsp3) is 0.478. The molecule has 0 spiro atoms. The molecular formula is C23H28ClNO3S. The van der Waals surface area contributed by atoms with E-state index >= 15 is 0 Å². The maximum atomic E-state index is 12.5. The van der Waals surface area contributed by atoms with Crippen LogP contribution >= 0.6 is 23.4 Å². The second kappa shape index (κ2) is 10.4. The number of aliphatic hydroxyl groups is 1. The number of ketones is 1. The molecule has 1 aromatic rings. The molecule has 0 radical (unpaired) electrons. The van der Waals surface area contributed by atoms with Gasteiger partial charge in [0.2, 0.25) is 0 Å². The highest BCUT2D eigenvalue weighted by Gasteiger charge is 2.50. The molecular weight excluding hydrogens is 406 g/mol. The third-order valence-electron chi connectivity index (χ3n) is 5.68. The average Bonchev–Trinajstić information content (AvgIpc) is 3.51. The van der Waals surface area contributed by atoms with E-state index in [0.717, 1.165) is 29.8 Å². The summed E-state index contributed by atoms with van der Waals surface area (Å²) in [7, 11) is 0. The molecule has 4 nitrogen and oxygen atoms in total. The molecule has 2 aliphatic rings. The number of benzene rings is 1. The van der Waals surface area contributed by atoms with Crippen LogP contribution in [0.3, 0.4) is 0 Å². The molecule has 1 N–H and O–H groups in total. The largest absolute Gasteiger partial charge is 0.512 e. The molecule has 0 aliphatic heterocycles. The van der Waals surface area contributed by atoms with Gasteiger partial charge in [-0.25, -0.2) is 0 Å². The van der Waals surface area contributed by atoms with Crippen molar-refractivity contribution in [3.05, 3.63) is 52.3 Å². The van der Waals surface area contributed by atoms with Crippen molar-refractivity contribution in [2.45, 2.75) is 49.7 Å². The highest BCUT2D eigenvalue weighted by Crippen LogP contribution is 2.56. The molecule has 6 heteroatoms. The second-order valence-corrected chi connectivity index (χ2v) is 9.28. The second-order valence-electron chi connectivity index (χ2n) is 7.62. The topological polar surface area (TPSA) is 58.9 Å². The van der Waals surface area contributed by atoms with E-state index in [-0.39, 0.29) is 22.2 Å². The maximum absolute atomic E-state index is 12.5. The Morgan fingerprint density at radius 1 is 1.28 bits per heavy atom. The number of oxime groups is 1. The number of hydrogen-bond donors (Lipinski definition) is 1. The van der Waals surface area contributed by atoms with Crippen molar-refractivity contribution in [3.63, 3.8) is 0 Å². The van der Waals surface area contributed by atoms with Gasteiger partial charge in [-0.15, -0.1) is 0 Å². The molecule has 156 valence electrons. The summed E-state index contributed by atoms with van der Waals surface area (Å²) >= 11 is 7.71. The van der Waals surface area contributed by atoms with E-state index in [2.05, 4.69) is 11.4 Å². The van der Waals surface area contributed by atoms with E-state index in [9.17, 15) is 9.90 Å². The first-order valence-corrected chi connectivity index (χ1v) is 11.7. The number of rotatable bonds is 10. The number of thioether (sulfide) groups is 1. The molecule has 0 amide bonds. The van der Waals surface area contributed by atoms with Crippen molar-refractivity contribution in [1.82, 2.24) is 0 Å². The Morgan fingerprint density at radius 2 is 2.03 bits per heavy atom. The van der Waals surface area contributed by atoms with Gasteiger partial charge in [0.05, 0.1) is 5.76 Å². The van der Waals surface area contributed by atoms with Crippen LogP contribution in [0.4, 0.5) is 0 Å². The SMILES string of the molecule is CSC1(C2CC(=O)C(CCC=NOCCC=Cc3ccc(Cl)cc3)=C(O)C2)CC1. The summed E-state index contributed by atoms with van der Waals surface area (Å²) in [5.41, 5.74) is 1.67. The van der Waals surface area contributed by atoms with Gasteiger partial charge in [-0.05, 0) is 55.6 Å². The van der Waals surface area contributed by atoms with E-state index in [1.165, 1.54) is 0 Å². The molecule has 1 unspecified atom stereocenters. The average molecular weight is 434 g/mol. The van der Waals surface area contributed by atoms with Gasteiger partial charge in [-0.2, -0.15) is 11.8 Å². The Kier molecular flexibility index (Phi) is 7.84. The Labute approximate surface area is 182 Å². The van der Waals surface area contributed by atoms with E-state index in [1.807, 2.05) is 48.2 Å². The number of hydrogen-bond acceptors (Lipinski definition) is 5. The fourth-order valence-corrected chi connectivity index (χ4v) is 4.91. The normalized spacial score (nSPS) is 21.3. The van der Waals surface area contributed by atoms with Crippen molar-refractivity contribution in [2.75, 3.05) is 12.9 Å². The number of halogens is 1. The Hall–Kier alpha value is -1.72. The number of nitrogens with zero attached hydrogens (tertiary/aromatic N) is 1. The van der Waals surface area contributed by atoms with Gasteiger partial charge in [0.1, 0.15) is 6.61 Å². The van der Waals surface area contributed by atoms with E-state index in [0.29, 0.717) is 37.9 Å². The molecule has 1 atom stereocenters. The minimum atomic E-state index is 0.0979. The van der Waals surface area contributed by atoms with Gasteiger partial charge < -0.3 is 9.94 Å². The smallest absolute Gasteiger partial charge is 0.162 e. The zero-order valence-corrected chi connectivity index (χ0v) is 18.3. The lowest BCUT2D eigenvalue weighted by molar-refractivity contribution is -0.117. The molecule has 29 heavy (non-hydrogen) atoms. The highest BCUT2D eigenvalue weighted by molar-refractivity contribution is 8.00. The maximum Gasteiger partial charge on any atom is 0.162 e. The number of carbonyl (C=O) groups is 1. The third kappa shape index (κ3) is 6.13. The minimum Gasteiger partial charge on any atom is -0.512 e. The van der Waals surface area contributed by atoms with Crippen LogP contribution in [0.1, 0.15) is 50.5 Å². The predicted octanol–water partition coefficient (Wildman–Crippen LogP) is 6.21. The number of Topliss-reactive ketones (excluding diaryl/α,β-unsaturated/α-hetero) is 1. The predicted molar refractivity (Wildman–Crippen MR) is 122 cm³/mol. The Bertz CT molecular complexity index is 797. The number of aliphatic hydroxyl groups excluding tert-OH is 1. The van der Waals surface area contributed by atoms with Crippen molar-refractivity contribution in [1.29, 1.82) is 0 Å². The molecule has 0 bridgehead atoms. The molecule has 1 saturated carbocycles. The van der Waals surface area contributed by atoms with Crippen LogP contribution in [0.5, 0.6) is 0 Å². The minimum absolute atomic E-state index is 0.0979. The van der Waals surface area contributed by atoms with Gasteiger partial charge >= 0.3 is 0 Å². The summed E-state index contributed by atoms with van der Waals surface area (Å²) in [5, 5.41) is 15.0. The van der Waals surface area contributed by atoms with E-state index < -0.39 is 0 Å². The molecule has 0 aromatic heterocycles. The standard InChI is InChI=1S/C23H28ClNO3S/c1-29-23(11-12-23)18-15-21(26)20(22(27)16-18)6-4-13-25-28-14-3-2-5-17-7-9-19(24)10-8-17/h2,5,7-10,13,18,26H,3-4,6,11-12,14-16H2,1H3. The van der Waals surface area contributed by atoms with E-state index in [4.69, 9.17) is 16.4 Å². The molecule has 0 heterocycles. The quantitative estimate of drug-likeness (QED) is 0.270. The van der Waals surface area contributed by atoms with Gasteiger partial charge in [0.15, 0.2) is 5.78 Å². The summed E-state index contributed by atoms with van der Waals surface area (Å²) in [6, 6.07) is 7.64. The Morgan fingerprint density at radius 3 is 2.69 bits per heavy atom. The van der Waals surface area contributed by atoms with Crippen LogP contribution in [0.2, 0.25) is 5.02 Å². The summed E-state index contributed by atoms with van der Waals surface area (Å²) < 4.78 is 0.229. The summed E-state index contributed by atoms with van der Waals surface area (Å²) in [6.45, 7) is 0.492. The molecule has 2 aliphatic carbocycles. The van der Waals surface area contributed by atoms with E-state index in [1.54, 1.807) is 6.21 Å². The first-order chi connectivity index (χ1) is 14.0. The number of allylic oxidation sites excluding steroid dienone is 2. The van der Waals surface area contributed by atoms with Crippen molar-refractivity contribution < 1.29 is 14.7 Å². The van der Waals surface area contributed by atoms with Crippen molar-refractivity contribution in [3.8, 4) is 0 Å². The molecule has 3 rings (SSSR count). The lowest BCUT2D eigenvalue weighted by atomic mass is 9.82. The van der Waals surface area contributed by atoms with Crippen molar-refractivity contribution in [2.24, 2.45) is 11.1 Å². The zero-order chi connectivity index (χ0) is 20.7. The van der Waals surface area contributed by atoms with Gasteiger partial charge in [0.25, 0.3) is 0 Å².